The maximum Gasteiger partial charge on any atom is 0.160 e. The first-order chi connectivity index (χ1) is 11.7. The van der Waals surface area contributed by atoms with E-state index in [-0.39, 0.29) is 0 Å². The number of nitrogens with one attached hydrogen (secondary N) is 1. The number of nitriles is 2. The van der Waals surface area contributed by atoms with Crippen LogP contribution in [0.1, 0.15) is 12.8 Å². The number of nitrogens with two attached hydrogens (primary N) is 1. The Morgan fingerprint density at radius 1 is 1.12 bits per heavy atom. The highest BCUT2D eigenvalue weighted by Gasteiger charge is 2.15. The molecule has 0 saturated carbocycles. The van der Waals surface area contributed by atoms with Gasteiger partial charge >= 0.3 is 0 Å². The van der Waals surface area contributed by atoms with Gasteiger partial charge in [-0.2, -0.15) is 10.5 Å². The minimum Gasteiger partial charge on any atom is -0.393 e. The second-order valence-corrected chi connectivity index (χ2v) is 5.67. The summed E-state index contributed by atoms with van der Waals surface area (Å²) in [5.74, 6) is 1.51. The Bertz CT molecular complexity index is 745. The summed E-state index contributed by atoms with van der Waals surface area (Å²) >= 11 is 3.32. The van der Waals surface area contributed by atoms with Crippen LogP contribution in [0.5, 0.6) is 0 Å². The summed E-state index contributed by atoms with van der Waals surface area (Å²) < 4.78 is 0.864. The van der Waals surface area contributed by atoms with Gasteiger partial charge in [-0.05, 0) is 28.1 Å². The lowest BCUT2D eigenvalue weighted by molar-refractivity contribution is 0.782. The van der Waals surface area contributed by atoms with Crippen molar-refractivity contribution in [2.45, 2.75) is 12.8 Å². The van der Waals surface area contributed by atoms with Crippen molar-refractivity contribution < 1.29 is 0 Å². The number of halogens is 1. The van der Waals surface area contributed by atoms with Crippen molar-refractivity contribution in [2.24, 2.45) is 0 Å². The van der Waals surface area contributed by atoms with Crippen LogP contribution in [0, 0.1) is 22.7 Å². The maximum atomic E-state index is 8.80. The molecule has 2 rings (SSSR count). The van der Waals surface area contributed by atoms with Crippen molar-refractivity contribution in [3.05, 3.63) is 29.1 Å². The first kappa shape index (κ1) is 17.4. The molecule has 0 aliphatic heterocycles. The predicted octanol–water partition coefficient (Wildman–Crippen LogP) is 2.59. The average molecular weight is 387 g/mol. The minimum atomic E-state index is 0.311. The molecular formula is C15H15BrN8. The monoisotopic (exact) mass is 386 g/mol. The summed E-state index contributed by atoms with van der Waals surface area (Å²) in [6, 6.07) is 7.80. The predicted molar refractivity (Wildman–Crippen MR) is 94.3 cm³/mol. The third-order valence-electron chi connectivity index (χ3n) is 3.12. The van der Waals surface area contributed by atoms with Gasteiger partial charge in [0.2, 0.25) is 0 Å². The normalized spacial score (nSPS) is 9.79. The average Bonchev–Trinajstić information content (AvgIpc) is 2.59. The van der Waals surface area contributed by atoms with Crippen LogP contribution >= 0.6 is 15.9 Å². The Kier molecular flexibility index (Phi) is 6.29. The number of nitrogens with zero attached hydrogens (tertiary/aromatic N) is 6. The fourth-order valence-electron chi connectivity index (χ4n) is 2.00. The van der Waals surface area contributed by atoms with E-state index in [0.717, 1.165) is 4.47 Å². The van der Waals surface area contributed by atoms with E-state index in [1.54, 1.807) is 12.3 Å². The summed E-state index contributed by atoms with van der Waals surface area (Å²) in [7, 11) is 0. The van der Waals surface area contributed by atoms with Crippen molar-refractivity contribution in [2.75, 3.05) is 29.0 Å². The SMILES string of the molecule is N#CCCN(CCC#N)c1ncnc(Nc2ccc(Br)cn2)c1N. The van der Waals surface area contributed by atoms with Crippen LogP contribution in [0.15, 0.2) is 29.1 Å². The Hall–Kier alpha value is -2.91. The van der Waals surface area contributed by atoms with Crippen LogP contribution in [0.3, 0.4) is 0 Å². The standard InChI is InChI=1S/C15H15BrN8/c16-11-3-4-12(20-9-11)23-14-13(19)15(22-10-21-14)24(7-1-5-17)8-2-6-18/h3-4,9-10H,1-2,7-8,19H2,(H,20,21,22,23). The molecule has 0 atom stereocenters. The van der Waals surface area contributed by atoms with Gasteiger partial charge in [0.05, 0.1) is 25.0 Å². The van der Waals surface area contributed by atoms with E-state index in [1.165, 1.54) is 6.33 Å². The largest absolute Gasteiger partial charge is 0.393 e. The molecule has 0 spiro atoms. The van der Waals surface area contributed by atoms with Crippen LogP contribution in [0.4, 0.5) is 23.1 Å². The smallest absolute Gasteiger partial charge is 0.160 e. The first-order valence-electron chi connectivity index (χ1n) is 7.13. The molecule has 0 aromatic carbocycles. The lowest BCUT2D eigenvalue weighted by atomic mass is 10.3. The van der Waals surface area contributed by atoms with Gasteiger partial charge in [0, 0.05) is 23.8 Å². The zero-order valence-electron chi connectivity index (χ0n) is 12.8. The number of hydrogen-bond acceptors (Lipinski definition) is 8. The maximum absolute atomic E-state index is 8.80. The van der Waals surface area contributed by atoms with Gasteiger partial charge in [0.1, 0.15) is 17.8 Å². The molecule has 3 N–H and O–H groups in total. The van der Waals surface area contributed by atoms with E-state index < -0.39 is 0 Å². The summed E-state index contributed by atoms with van der Waals surface area (Å²) in [6.45, 7) is 0.880. The molecular weight excluding hydrogens is 372 g/mol. The molecule has 2 aromatic rings. The Balaban J connectivity index is 2.25. The summed E-state index contributed by atoms with van der Waals surface area (Å²) in [4.78, 5) is 14.4. The molecule has 2 aromatic heterocycles. The fourth-order valence-corrected chi connectivity index (χ4v) is 2.24. The van der Waals surface area contributed by atoms with E-state index in [0.29, 0.717) is 49.1 Å². The number of rotatable bonds is 7. The van der Waals surface area contributed by atoms with Crippen LogP contribution in [-0.4, -0.2) is 28.0 Å². The van der Waals surface area contributed by atoms with Crippen molar-refractivity contribution in [3.8, 4) is 12.1 Å². The molecule has 0 bridgehead atoms. The van der Waals surface area contributed by atoms with Gasteiger partial charge in [-0.15, -0.1) is 0 Å². The number of aromatic nitrogens is 3. The highest BCUT2D eigenvalue weighted by molar-refractivity contribution is 9.10. The van der Waals surface area contributed by atoms with Crippen molar-refractivity contribution >= 4 is 39.1 Å². The first-order valence-corrected chi connectivity index (χ1v) is 7.93. The molecule has 0 aliphatic rings. The van der Waals surface area contributed by atoms with Crippen LogP contribution in [0.2, 0.25) is 0 Å². The highest BCUT2D eigenvalue weighted by Crippen LogP contribution is 2.28. The van der Waals surface area contributed by atoms with Crippen molar-refractivity contribution in [1.29, 1.82) is 10.5 Å². The third-order valence-corrected chi connectivity index (χ3v) is 3.59. The Labute approximate surface area is 148 Å². The molecule has 0 aliphatic carbocycles. The lowest BCUT2D eigenvalue weighted by Gasteiger charge is -2.23. The fraction of sp³-hybridized carbons (Fsp3) is 0.267. The quantitative estimate of drug-likeness (QED) is 0.742. The highest BCUT2D eigenvalue weighted by atomic mass is 79.9. The second-order valence-electron chi connectivity index (χ2n) is 4.75. The van der Waals surface area contributed by atoms with E-state index in [4.69, 9.17) is 16.3 Å². The topological polar surface area (TPSA) is 128 Å². The summed E-state index contributed by atoms with van der Waals surface area (Å²) in [5.41, 5.74) is 6.52. The van der Waals surface area contributed by atoms with E-state index in [9.17, 15) is 0 Å². The molecule has 0 unspecified atom stereocenters. The molecule has 0 saturated heterocycles. The second kappa shape index (κ2) is 8.65. The third kappa shape index (κ3) is 4.54. The summed E-state index contributed by atoms with van der Waals surface area (Å²) in [5, 5.41) is 20.6. The lowest BCUT2D eigenvalue weighted by Crippen LogP contribution is -2.27. The molecule has 122 valence electrons. The Morgan fingerprint density at radius 3 is 2.42 bits per heavy atom. The number of hydrogen-bond donors (Lipinski definition) is 2. The summed E-state index contributed by atoms with van der Waals surface area (Å²) in [6.07, 6.45) is 3.67. The zero-order chi connectivity index (χ0) is 17.4. The van der Waals surface area contributed by atoms with Crippen LogP contribution in [0.25, 0.3) is 0 Å². The zero-order valence-corrected chi connectivity index (χ0v) is 14.4. The number of pyridine rings is 1. The molecule has 8 nitrogen and oxygen atoms in total. The van der Waals surface area contributed by atoms with Gasteiger partial charge in [0.25, 0.3) is 0 Å². The van der Waals surface area contributed by atoms with Gasteiger partial charge in [-0.3, -0.25) is 0 Å². The molecule has 0 amide bonds. The van der Waals surface area contributed by atoms with Crippen molar-refractivity contribution in [3.63, 3.8) is 0 Å². The number of nitrogen functional groups attached to an aromatic ring is 1. The van der Waals surface area contributed by atoms with Gasteiger partial charge in [-0.25, -0.2) is 15.0 Å². The van der Waals surface area contributed by atoms with Gasteiger partial charge in [0.15, 0.2) is 11.6 Å². The van der Waals surface area contributed by atoms with E-state index in [1.807, 2.05) is 11.0 Å². The van der Waals surface area contributed by atoms with Crippen molar-refractivity contribution in [1.82, 2.24) is 15.0 Å². The Morgan fingerprint density at radius 2 is 1.83 bits per heavy atom. The van der Waals surface area contributed by atoms with Gasteiger partial charge in [-0.1, -0.05) is 0 Å². The minimum absolute atomic E-state index is 0.311. The molecule has 0 fully saturated rings. The van der Waals surface area contributed by atoms with Crippen LogP contribution < -0.4 is 16.0 Å². The van der Waals surface area contributed by atoms with Crippen LogP contribution in [-0.2, 0) is 0 Å². The van der Waals surface area contributed by atoms with E-state index in [2.05, 4.69) is 48.3 Å². The van der Waals surface area contributed by atoms with Gasteiger partial charge < -0.3 is 16.0 Å². The van der Waals surface area contributed by atoms with E-state index >= 15 is 0 Å². The molecule has 0 radical (unpaired) electrons. The molecule has 24 heavy (non-hydrogen) atoms. The molecule has 2 heterocycles. The molecule has 9 heteroatoms. The number of anilines is 4.